The minimum atomic E-state index is -3.85. The Labute approximate surface area is 130 Å². The van der Waals surface area contributed by atoms with Crippen LogP contribution in [0.3, 0.4) is 0 Å². The van der Waals surface area contributed by atoms with Crippen LogP contribution in [0.25, 0.3) is 0 Å². The van der Waals surface area contributed by atoms with Crippen molar-refractivity contribution in [3.8, 4) is 0 Å². The Kier molecular flexibility index (Phi) is 4.68. The Balaban J connectivity index is 2.23. The lowest BCUT2D eigenvalue weighted by Gasteiger charge is -2.34. The van der Waals surface area contributed by atoms with E-state index < -0.39 is 24.6 Å². The van der Waals surface area contributed by atoms with Gasteiger partial charge in [-0.05, 0) is 44.0 Å². The van der Waals surface area contributed by atoms with Crippen molar-refractivity contribution in [3.05, 3.63) is 24.3 Å². The van der Waals surface area contributed by atoms with Crippen molar-refractivity contribution in [2.24, 2.45) is 0 Å². The van der Waals surface area contributed by atoms with Gasteiger partial charge in [0.1, 0.15) is 0 Å². The SMILES string of the molecule is CC1(NS(=O)(=O)c2ccc(S(=O)(=O)Cl)cc2)CCCCC1. The smallest absolute Gasteiger partial charge is 0.207 e. The van der Waals surface area contributed by atoms with Crippen LogP contribution in [0, 0.1) is 0 Å². The van der Waals surface area contributed by atoms with Crippen molar-refractivity contribution in [1.82, 2.24) is 4.72 Å². The second-order valence-corrected chi connectivity index (χ2v) is 9.88. The van der Waals surface area contributed by atoms with Crippen molar-refractivity contribution < 1.29 is 16.8 Å². The summed E-state index contributed by atoms with van der Waals surface area (Å²) < 4.78 is 49.8. The second-order valence-electron chi connectivity index (χ2n) is 5.64. The topological polar surface area (TPSA) is 80.3 Å². The van der Waals surface area contributed by atoms with Gasteiger partial charge in [0.05, 0.1) is 9.79 Å². The minimum Gasteiger partial charge on any atom is -0.207 e. The van der Waals surface area contributed by atoms with E-state index in [4.69, 9.17) is 10.7 Å². The molecule has 1 saturated carbocycles. The van der Waals surface area contributed by atoms with Gasteiger partial charge < -0.3 is 0 Å². The van der Waals surface area contributed by atoms with Crippen LogP contribution in [0.4, 0.5) is 0 Å². The average Bonchev–Trinajstić information content (AvgIpc) is 2.37. The Bertz CT molecular complexity index is 705. The molecule has 21 heavy (non-hydrogen) atoms. The molecule has 0 atom stereocenters. The van der Waals surface area contributed by atoms with Crippen LogP contribution in [0.5, 0.6) is 0 Å². The molecule has 0 unspecified atom stereocenters. The molecule has 0 saturated heterocycles. The van der Waals surface area contributed by atoms with E-state index in [9.17, 15) is 16.8 Å². The van der Waals surface area contributed by atoms with Gasteiger partial charge in [0, 0.05) is 16.2 Å². The van der Waals surface area contributed by atoms with Gasteiger partial charge in [0.15, 0.2) is 0 Å². The highest BCUT2D eigenvalue weighted by atomic mass is 35.7. The molecule has 0 aromatic heterocycles. The average molecular weight is 352 g/mol. The molecule has 118 valence electrons. The van der Waals surface area contributed by atoms with E-state index in [1.165, 1.54) is 24.3 Å². The van der Waals surface area contributed by atoms with Crippen LogP contribution >= 0.6 is 10.7 Å². The first-order valence-electron chi connectivity index (χ1n) is 6.71. The summed E-state index contributed by atoms with van der Waals surface area (Å²) in [5, 5.41) is 0. The number of nitrogens with one attached hydrogen (secondary N) is 1. The summed E-state index contributed by atoms with van der Waals surface area (Å²) in [6.45, 7) is 1.90. The van der Waals surface area contributed by atoms with Gasteiger partial charge in [0.25, 0.3) is 9.05 Å². The van der Waals surface area contributed by atoms with Crippen LogP contribution in [0.15, 0.2) is 34.1 Å². The zero-order valence-electron chi connectivity index (χ0n) is 11.7. The molecule has 2 rings (SSSR count). The Morgan fingerprint density at radius 2 is 1.43 bits per heavy atom. The number of rotatable bonds is 4. The molecule has 0 radical (unpaired) electrons. The third-order valence-corrected chi connectivity index (χ3v) is 6.78. The lowest BCUT2D eigenvalue weighted by atomic mass is 9.84. The number of benzene rings is 1. The zero-order chi connectivity index (χ0) is 15.7. The third-order valence-electron chi connectivity index (χ3n) is 3.75. The molecule has 8 heteroatoms. The van der Waals surface area contributed by atoms with E-state index >= 15 is 0 Å². The van der Waals surface area contributed by atoms with Gasteiger partial charge in [-0.3, -0.25) is 0 Å². The maximum atomic E-state index is 12.4. The van der Waals surface area contributed by atoms with Crippen molar-refractivity contribution in [2.45, 2.75) is 54.4 Å². The van der Waals surface area contributed by atoms with E-state index in [2.05, 4.69) is 4.72 Å². The third kappa shape index (κ3) is 4.18. The molecular formula is C13H18ClNO4S2. The summed E-state index contributed by atoms with van der Waals surface area (Å²) in [5.74, 6) is 0. The lowest BCUT2D eigenvalue weighted by molar-refractivity contribution is 0.294. The molecule has 1 aromatic rings. The van der Waals surface area contributed by atoms with Gasteiger partial charge >= 0.3 is 0 Å². The predicted octanol–water partition coefficient (Wildman–Crippen LogP) is 2.62. The summed E-state index contributed by atoms with van der Waals surface area (Å²) in [4.78, 5) is -0.0784. The van der Waals surface area contributed by atoms with Gasteiger partial charge in [-0.15, -0.1) is 0 Å². The molecule has 0 spiro atoms. The van der Waals surface area contributed by atoms with Crippen LogP contribution in [0.2, 0.25) is 0 Å². The summed E-state index contributed by atoms with van der Waals surface area (Å²) >= 11 is 0. The van der Waals surface area contributed by atoms with E-state index in [1.54, 1.807) is 0 Å². The summed E-state index contributed by atoms with van der Waals surface area (Å²) in [5.41, 5.74) is -0.436. The molecule has 1 aliphatic rings. The molecular weight excluding hydrogens is 334 g/mol. The Morgan fingerprint density at radius 1 is 0.952 bits per heavy atom. The molecule has 5 nitrogen and oxygen atoms in total. The maximum Gasteiger partial charge on any atom is 0.261 e. The standard InChI is InChI=1S/C13H18ClNO4S2/c1-13(9-3-2-4-10-13)15-21(18,19)12-7-5-11(6-8-12)20(14,16)17/h5-8,15H,2-4,9-10H2,1H3. The molecule has 0 amide bonds. The molecule has 0 aliphatic heterocycles. The predicted molar refractivity (Wildman–Crippen MR) is 81.3 cm³/mol. The highest BCUT2D eigenvalue weighted by Gasteiger charge is 2.32. The first kappa shape index (κ1) is 16.7. The lowest BCUT2D eigenvalue weighted by Crippen LogP contribution is -2.47. The van der Waals surface area contributed by atoms with E-state index in [-0.39, 0.29) is 9.79 Å². The fourth-order valence-corrected chi connectivity index (χ4v) is 4.83. The fraction of sp³-hybridized carbons (Fsp3) is 0.538. The summed E-state index contributed by atoms with van der Waals surface area (Å²) in [6.07, 6.45) is 4.74. The molecule has 1 aromatic carbocycles. The fourth-order valence-electron chi connectivity index (χ4n) is 2.60. The van der Waals surface area contributed by atoms with Gasteiger partial charge in [-0.25, -0.2) is 21.6 Å². The molecule has 1 aliphatic carbocycles. The first-order valence-corrected chi connectivity index (χ1v) is 10.5. The molecule has 1 fully saturated rings. The van der Waals surface area contributed by atoms with Crippen molar-refractivity contribution in [3.63, 3.8) is 0 Å². The quantitative estimate of drug-likeness (QED) is 0.845. The molecule has 0 bridgehead atoms. The first-order chi connectivity index (χ1) is 9.62. The highest BCUT2D eigenvalue weighted by molar-refractivity contribution is 8.13. The Morgan fingerprint density at radius 3 is 1.90 bits per heavy atom. The largest absolute Gasteiger partial charge is 0.261 e. The second kappa shape index (κ2) is 5.87. The van der Waals surface area contributed by atoms with Crippen LogP contribution in [-0.4, -0.2) is 22.4 Å². The van der Waals surface area contributed by atoms with Gasteiger partial charge in [-0.1, -0.05) is 19.3 Å². The van der Waals surface area contributed by atoms with Crippen LogP contribution in [0.1, 0.15) is 39.0 Å². The minimum absolute atomic E-state index is 0.0402. The van der Waals surface area contributed by atoms with E-state index in [1.807, 2.05) is 6.92 Å². The summed E-state index contributed by atoms with van der Waals surface area (Å²) in [7, 11) is -2.31. The van der Waals surface area contributed by atoms with Crippen LogP contribution in [-0.2, 0) is 19.1 Å². The summed E-state index contributed by atoms with van der Waals surface area (Å²) in [6, 6.07) is 4.90. The zero-order valence-corrected chi connectivity index (χ0v) is 14.1. The highest BCUT2D eigenvalue weighted by Crippen LogP contribution is 2.29. The Hall–Kier alpha value is -0.630. The molecule has 1 N–H and O–H groups in total. The van der Waals surface area contributed by atoms with E-state index in [0.29, 0.717) is 0 Å². The van der Waals surface area contributed by atoms with Crippen molar-refractivity contribution in [2.75, 3.05) is 0 Å². The number of halogens is 1. The number of hydrogen-bond donors (Lipinski definition) is 1. The van der Waals surface area contributed by atoms with Crippen LogP contribution < -0.4 is 4.72 Å². The monoisotopic (exact) mass is 351 g/mol. The number of sulfonamides is 1. The number of hydrogen-bond acceptors (Lipinski definition) is 4. The van der Waals surface area contributed by atoms with Gasteiger partial charge in [0.2, 0.25) is 10.0 Å². The maximum absolute atomic E-state index is 12.4. The normalized spacial score (nSPS) is 19.3. The molecule has 0 heterocycles. The van der Waals surface area contributed by atoms with Crippen molar-refractivity contribution in [1.29, 1.82) is 0 Å². The van der Waals surface area contributed by atoms with Gasteiger partial charge in [-0.2, -0.15) is 0 Å². The van der Waals surface area contributed by atoms with E-state index in [0.717, 1.165) is 32.1 Å². The van der Waals surface area contributed by atoms with Crippen molar-refractivity contribution >= 4 is 29.8 Å².